The van der Waals surface area contributed by atoms with Crippen molar-refractivity contribution < 1.29 is 32.5 Å². The number of para-hydroxylation sites is 2. The quantitative estimate of drug-likeness (QED) is 0.303. The van der Waals surface area contributed by atoms with E-state index in [0.29, 0.717) is 11.3 Å². The van der Waals surface area contributed by atoms with E-state index in [-0.39, 0.29) is 40.4 Å². The first-order valence-corrected chi connectivity index (χ1v) is 12.4. The Morgan fingerprint density at radius 1 is 0.895 bits per heavy atom. The van der Waals surface area contributed by atoms with Crippen molar-refractivity contribution in [2.75, 3.05) is 18.9 Å². The lowest BCUT2D eigenvalue weighted by Crippen LogP contribution is -2.13. The largest absolute Gasteiger partial charge is 0.493 e. The van der Waals surface area contributed by atoms with Gasteiger partial charge in [0.15, 0.2) is 23.1 Å². The third-order valence-corrected chi connectivity index (χ3v) is 5.88. The summed E-state index contributed by atoms with van der Waals surface area (Å²) in [6.45, 7) is 0. The molecule has 12 nitrogen and oxygen atoms in total. The first-order chi connectivity index (χ1) is 18.3. The summed E-state index contributed by atoms with van der Waals surface area (Å²) < 4.78 is 45.1. The van der Waals surface area contributed by atoms with Gasteiger partial charge in [-0.05, 0) is 42.0 Å². The van der Waals surface area contributed by atoms with Crippen LogP contribution < -0.4 is 18.9 Å². The van der Waals surface area contributed by atoms with Gasteiger partial charge in [-0.15, -0.1) is 0 Å². The van der Waals surface area contributed by atoms with E-state index in [0.717, 1.165) is 5.41 Å². The molecule has 2 N–H and O–H groups in total. The van der Waals surface area contributed by atoms with Crippen molar-refractivity contribution in [2.24, 2.45) is 0 Å². The summed E-state index contributed by atoms with van der Waals surface area (Å²) in [5, 5.41) is 9.94. The molecule has 0 bridgehead atoms. The van der Waals surface area contributed by atoms with Crippen LogP contribution in [0.25, 0.3) is 17.7 Å². The number of nitrogens with one attached hydrogen (secondary N) is 1. The van der Waals surface area contributed by atoms with Gasteiger partial charge in [-0.3, -0.25) is 4.72 Å². The van der Waals surface area contributed by atoms with Crippen LogP contribution in [0.2, 0.25) is 0 Å². The first-order valence-electron chi connectivity index (χ1n) is 10.9. The Morgan fingerprint density at radius 3 is 2.21 bits per heavy atom. The van der Waals surface area contributed by atoms with Crippen molar-refractivity contribution >= 4 is 27.9 Å². The van der Waals surface area contributed by atoms with Gasteiger partial charge in [0.25, 0.3) is 15.9 Å². The normalized spacial score (nSPS) is 11.2. The number of carboxylic acid groups (broad SMARTS) is 1. The maximum Gasteiger partial charge on any atom is 0.335 e. The molecule has 38 heavy (non-hydrogen) atoms. The summed E-state index contributed by atoms with van der Waals surface area (Å²) in [5.74, 6) is -0.785. The van der Waals surface area contributed by atoms with E-state index in [1.54, 1.807) is 30.3 Å². The molecule has 13 heteroatoms. The molecule has 0 saturated carbocycles. The van der Waals surface area contributed by atoms with Crippen LogP contribution in [0, 0.1) is 0 Å². The molecular weight excluding hydrogens is 514 g/mol. The lowest BCUT2D eigenvalue weighted by Gasteiger charge is -2.16. The summed E-state index contributed by atoms with van der Waals surface area (Å²) >= 11 is 0. The van der Waals surface area contributed by atoms with Crippen molar-refractivity contribution in [3.63, 3.8) is 0 Å². The van der Waals surface area contributed by atoms with Gasteiger partial charge in [0.1, 0.15) is 0 Å². The minimum atomic E-state index is -4.16. The number of aromatic carboxylic acids is 1. The zero-order chi connectivity index (χ0) is 27.1. The smallest absolute Gasteiger partial charge is 0.335 e. The van der Waals surface area contributed by atoms with Crippen molar-refractivity contribution in [3.05, 3.63) is 83.5 Å². The number of carboxylic acids is 1. The van der Waals surface area contributed by atoms with Gasteiger partial charge in [0, 0.05) is 12.4 Å². The fourth-order valence-corrected chi connectivity index (χ4v) is 3.94. The molecule has 0 aliphatic rings. The predicted octanol–water partition coefficient (Wildman–Crippen LogP) is 3.85. The van der Waals surface area contributed by atoms with Gasteiger partial charge in [-0.25, -0.2) is 28.2 Å². The number of ether oxygens (including phenoxy) is 3. The third-order valence-electron chi connectivity index (χ3n) is 4.91. The molecule has 194 valence electrons. The molecule has 0 atom stereocenters. The van der Waals surface area contributed by atoms with E-state index >= 15 is 0 Å². The molecule has 4 rings (SSSR count). The summed E-state index contributed by atoms with van der Waals surface area (Å²) in [4.78, 5) is 27.9. The number of nitrogens with zero attached hydrogens (tertiary/aromatic N) is 4. The fourth-order valence-electron chi connectivity index (χ4n) is 3.13. The summed E-state index contributed by atoms with van der Waals surface area (Å²) in [7, 11) is -1.36. The van der Waals surface area contributed by atoms with Crippen LogP contribution >= 0.6 is 0 Å². The molecule has 0 saturated heterocycles. The molecule has 0 amide bonds. The number of sulfonamides is 1. The Morgan fingerprint density at radius 2 is 1.58 bits per heavy atom. The van der Waals surface area contributed by atoms with Gasteiger partial charge in [-0.2, -0.15) is 4.98 Å². The van der Waals surface area contributed by atoms with E-state index in [4.69, 9.17) is 19.3 Å². The highest BCUT2D eigenvalue weighted by atomic mass is 32.2. The zero-order valence-corrected chi connectivity index (χ0v) is 20.9. The van der Waals surface area contributed by atoms with Crippen LogP contribution in [0.15, 0.2) is 72.4 Å². The van der Waals surface area contributed by atoms with Gasteiger partial charge in [0.05, 0.1) is 25.2 Å². The van der Waals surface area contributed by atoms with E-state index in [9.17, 15) is 13.2 Å². The maximum atomic E-state index is 13.0. The van der Waals surface area contributed by atoms with Gasteiger partial charge < -0.3 is 19.3 Å². The molecule has 2 aromatic heterocycles. The Labute approximate surface area is 217 Å². The standard InChI is InChI=1S/C25H21N5O7S/c1-35-18-6-3-4-7-19(18)37-20-21(28-23(29-24(20)36-2)22-26-13-5-14-27-22)30-38(33,34)15-12-16-8-10-17(11-9-16)25(31)32/h3-15H,1-2H3,(H,31,32)(H,28,29,30)/b15-12+. The number of hydrogen-bond acceptors (Lipinski definition) is 10. The second-order valence-corrected chi connectivity index (χ2v) is 9.00. The topological polar surface area (TPSA) is 163 Å². The second kappa shape index (κ2) is 11.3. The van der Waals surface area contributed by atoms with Crippen molar-refractivity contribution in [3.8, 4) is 34.8 Å². The summed E-state index contributed by atoms with van der Waals surface area (Å²) in [6.07, 6.45) is 4.27. The minimum absolute atomic E-state index is 0.0132. The first kappa shape index (κ1) is 26.0. The maximum absolute atomic E-state index is 13.0. The fraction of sp³-hybridized carbons (Fsp3) is 0.0800. The predicted molar refractivity (Wildman–Crippen MR) is 138 cm³/mol. The number of hydrogen-bond donors (Lipinski definition) is 2. The van der Waals surface area contributed by atoms with E-state index in [2.05, 4.69) is 24.7 Å². The van der Waals surface area contributed by atoms with E-state index < -0.39 is 16.0 Å². The molecular formula is C25H21N5O7S. The number of benzene rings is 2. The molecule has 0 aliphatic heterocycles. The van der Waals surface area contributed by atoms with Crippen molar-refractivity contribution in [2.45, 2.75) is 0 Å². The van der Waals surface area contributed by atoms with Crippen LogP contribution in [0.5, 0.6) is 23.1 Å². The van der Waals surface area contributed by atoms with Crippen LogP contribution in [0.4, 0.5) is 5.82 Å². The minimum Gasteiger partial charge on any atom is -0.493 e. The summed E-state index contributed by atoms with van der Waals surface area (Å²) in [6, 6.07) is 14.0. The van der Waals surface area contributed by atoms with Crippen LogP contribution in [0.1, 0.15) is 15.9 Å². The van der Waals surface area contributed by atoms with Crippen LogP contribution in [0.3, 0.4) is 0 Å². The number of anilines is 1. The number of rotatable bonds is 10. The molecule has 0 fully saturated rings. The van der Waals surface area contributed by atoms with E-state index in [1.807, 2.05) is 0 Å². The lowest BCUT2D eigenvalue weighted by atomic mass is 10.1. The van der Waals surface area contributed by atoms with Gasteiger partial charge >= 0.3 is 5.97 Å². The molecule has 0 spiro atoms. The number of carbonyl (C=O) groups is 1. The van der Waals surface area contributed by atoms with Crippen LogP contribution in [-0.4, -0.2) is 53.6 Å². The van der Waals surface area contributed by atoms with Crippen molar-refractivity contribution in [1.29, 1.82) is 0 Å². The molecule has 0 radical (unpaired) electrons. The monoisotopic (exact) mass is 535 g/mol. The highest BCUT2D eigenvalue weighted by Gasteiger charge is 2.23. The molecule has 0 aliphatic carbocycles. The molecule has 0 unspecified atom stereocenters. The number of methoxy groups -OCH3 is 2. The highest BCUT2D eigenvalue weighted by molar-refractivity contribution is 7.95. The third kappa shape index (κ3) is 6.20. The average molecular weight is 536 g/mol. The highest BCUT2D eigenvalue weighted by Crippen LogP contribution is 2.40. The van der Waals surface area contributed by atoms with Crippen molar-refractivity contribution in [1.82, 2.24) is 19.9 Å². The molecule has 4 aromatic rings. The van der Waals surface area contributed by atoms with Gasteiger partial charge in [0.2, 0.25) is 11.6 Å². The SMILES string of the molecule is COc1ccccc1Oc1c(NS(=O)(=O)/C=C/c2ccc(C(=O)O)cc2)nc(-c2ncccn2)nc1OC. The summed E-state index contributed by atoms with van der Waals surface area (Å²) in [5.41, 5.74) is 0.537. The zero-order valence-electron chi connectivity index (χ0n) is 20.1. The molecule has 2 aromatic carbocycles. The lowest BCUT2D eigenvalue weighted by molar-refractivity contribution is 0.0697. The number of aromatic nitrogens is 4. The Hall–Kier alpha value is -5.04. The van der Waals surface area contributed by atoms with Gasteiger partial charge in [-0.1, -0.05) is 24.3 Å². The Bertz CT molecular complexity index is 1580. The Balaban J connectivity index is 1.75. The average Bonchev–Trinajstić information content (AvgIpc) is 2.93. The second-order valence-electron chi connectivity index (χ2n) is 7.44. The van der Waals surface area contributed by atoms with Crippen LogP contribution in [-0.2, 0) is 10.0 Å². The molecule has 2 heterocycles. The Kier molecular flexibility index (Phi) is 7.77. The van der Waals surface area contributed by atoms with E-state index in [1.165, 1.54) is 57.0 Å².